The molecule has 0 amide bonds. The second kappa shape index (κ2) is 6.27. The van der Waals surface area contributed by atoms with Crippen LogP contribution in [-0.2, 0) is 6.54 Å². The first-order valence-electron chi connectivity index (χ1n) is 5.76. The zero-order valence-electron chi connectivity index (χ0n) is 10.2. The van der Waals surface area contributed by atoms with Crippen molar-refractivity contribution in [3.8, 4) is 5.75 Å². The van der Waals surface area contributed by atoms with Crippen molar-refractivity contribution in [2.45, 2.75) is 13.2 Å². The predicted octanol–water partition coefficient (Wildman–Crippen LogP) is 4.18. The maximum atomic E-state index is 13.0. The fraction of sp³-hybridized carbons (Fsp3) is 0.143. The Morgan fingerprint density at radius 3 is 2.10 bits per heavy atom. The molecule has 1 N–H and O–H groups in total. The summed E-state index contributed by atoms with van der Waals surface area (Å²) in [6.07, 6.45) is 0. The summed E-state index contributed by atoms with van der Waals surface area (Å²) in [6, 6.07) is 9.07. The molecular formula is C14H11F4NO. The molecule has 0 saturated heterocycles. The maximum Gasteiger partial charge on any atom is 0.387 e. The van der Waals surface area contributed by atoms with Gasteiger partial charge in [0, 0.05) is 18.3 Å². The molecule has 2 nitrogen and oxygen atoms in total. The highest BCUT2D eigenvalue weighted by atomic mass is 19.3. The van der Waals surface area contributed by atoms with E-state index >= 15 is 0 Å². The minimum atomic E-state index is -2.87. The number of halogens is 4. The van der Waals surface area contributed by atoms with Crippen molar-refractivity contribution >= 4 is 5.69 Å². The highest BCUT2D eigenvalue weighted by Gasteiger charge is 2.04. The van der Waals surface area contributed by atoms with Gasteiger partial charge in [0.25, 0.3) is 0 Å². The van der Waals surface area contributed by atoms with Gasteiger partial charge in [-0.2, -0.15) is 8.78 Å². The van der Waals surface area contributed by atoms with Crippen LogP contribution in [0.15, 0.2) is 42.5 Å². The minimum absolute atomic E-state index is 0.0561. The predicted molar refractivity (Wildman–Crippen MR) is 66.8 cm³/mol. The lowest BCUT2D eigenvalue weighted by atomic mass is 10.2. The summed E-state index contributed by atoms with van der Waals surface area (Å²) in [5, 5.41) is 2.83. The molecule has 2 aromatic rings. The molecule has 0 aliphatic heterocycles. The van der Waals surface area contributed by atoms with Crippen LogP contribution in [0.4, 0.5) is 23.2 Å². The third-order valence-corrected chi connectivity index (χ3v) is 2.51. The van der Waals surface area contributed by atoms with Crippen molar-refractivity contribution in [3.63, 3.8) is 0 Å². The number of anilines is 1. The summed E-state index contributed by atoms with van der Waals surface area (Å²) in [5.74, 6) is -1.29. The van der Waals surface area contributed by atoms with Crippen LogP contribution in [0.25, 0.3) is 0 Å². The summed E-state index contributed by atoms with van der Waals surface area (Å²) >= 11 is 0. The van der Waals surface area contributed by atoms with Crippen LogP contribution in [0.2, 0.25) is 0 Å². The number of nitrogens with one attached hydrogen (secondary N) is 1. The van der Waals surface area contributed by atoms with E-state index in [1.807, 2.05) is 0 Å². The number of alkyl halides is 2. The molecule has 0 aromatic heterocycles. The molecule has 0 fully saturated rings. The molecule has 0 radical (unpaired) electrons. The molecule has 0 heterocycles. The number of benzene rings is 2. The van der Waals surface area contributed by atoms with Gasteiger partial charge in [-0.3, -0.25) is 0 Å². The van der Waals surface area contributed by atoms with Crippen LogP contribution in [0.1, 0.15) is 5.56 Å². The smallest absolute Gasteiger partial charge is 0.387 e. The number of rotatable bonds is 5. The lowest BCUT2D eigenvalue weighted by Gasteiger charge is -2.08. The molecule has 20 heavy (non-hydrogen) atoms. The summed E-state index contributed by atoms with van der Waals surface area (Å²) < 4.78 is 54.1. The maximum absolute atomic E-state index is 13.0. The molecule has 106 valence electrons. The van der Waals surface area contributed by atoms with E-state index in [0.29, 0.717) is 12.2 Å². The summed E-state index contributed by atoms with van der Waals surface area (Å²) in [5.41, 5.74) is 1.06. The highest BCUT2D eigenvalue weighted by Crippen LogP contribution is 2.17. The van der Waals surface area contributed by atoms with E-state index in [0.717, 1.165) is 23.8 Å². The van der Waals surface area contributed by atoms with E-state index in [4.69, 9.17) is 0 Å². The molecule has 0 aliphatic carbocycles. The Balaban J connectivity index is 1.96. The molecule has 0 aliphatic rings. The third-order valence-electron chi connectivity index (χ3n) is 2.51. The Hall–Kier alpha value is -2.24. The quantitative estimate of drug-likeness (QED) is 0.832. The first kappa shape index (κ1) is 14.2. The Kier molecular flexibility index (Phi) is 4.45. The standard InChI is InChI=1S/C14H11F4NO/c15-10-5-11(16)7-12(6-10)19-8-9-1-3-13(4-2-9)20-14(17)18/h1-7,14,19H,8H2. The number of ether oxygens (including phenoxy) is 1. The molecule has 6 heteroatoms. The summed E-state index contributed by atoms with van der Waals surface area (Å²) in [7, 11) is 0. The van der Waals surface area contributed by atoms with E-state index < -0.39 is 18.2 Å². The van der Waals surface area contributed by atoms with Crippen molar-refractivity contribution in [1.82, 2.24) is 0 Å². The van der Waals surface area contributed by atoms with Crippen molar-refractivity contribution in [2.24, 2.45) is 0 Å². The Morgan fingerprint density at radius 1 is 0.950 bits per heavy atom. The van der Waals surface area contributed by atoms with Crippen LogP contribution in [0.3, 0.4) is 0 Å². The summed E-state index contributed by atoms with van der Waals surface area (Å²) in [4.78, 5) is 0. The van der Waals surface area contributed by atoms with Gasteiger partial charge >= 0.3 is 6.61 Å². The van der Waals surface area contributed by atoms with E-state index in [-0.39, 0.29) is 5.75 Å². The first-order valence-corrected chi connectivity index (χ1v) is 5.76. The second-order valence-corrected chi connectivity index (χ2v) is 4.03. The van der Waals surface area contributed by atoms with Crippen LogP contribution in [-0.4, -0.2) is 6.61 Å². The monoisotopic (exact) mass is 285 g/mol. The van der Waals surface area contributed by atoms with E-state index in [9.17, 15) is 17.6 Å². The average molecular weight is 285 g/mol. The topological polar surface area (TPSA) is 21.3 Å². The van der Waals surface area contributed by atoms with Gasteiger partial charge in [-0.1, -0.05) is 12.1 Å². The molecule has 0 saturated carbocycles. The average Bonchev–Trinajstić information content (AvgIpc) is 2.36. The lowest BCUT2D eigenvalue weighted by Crippen LogP contribution is -2.03. The Labute approximate surface area is 113 Å². The minimum Gasteiger partial charge on any atom is -0.435 e. The van der Waals surface area contributed by atoms with Gasteiger partial charge in [0.1, 0.15) is 17.4 Å². The van der Waals surface area contributed by atoms with Crippen LogP contribution in [0, 0.1) is 11.6 Å². The van der Waals surface area contributed by atoms with Gasteiger partial charge in [-0.15, -0.1) is 0 Å². The van der Waals surface area contributed by atoms with Gasteiger partial charge in [-0.05, 0) is 29.8 Å². The zero-order valence-corrected chi connectivity index (χ0v) is 10.2. The Bertz CT molecular complexity index is 552. The molecule has 0 atom stereocenters. The Morgan fingerprint density at radius 2 is 1.55 bits per heavy atom. The second-order valence-electron chi connectivity index (χ2n) is 4.03. The van der Waals surface area contributed by atoms with Gasteiger partial charge in [0.2, 0.25) is 0 Å². The van der Waals surface area contributed by atoms with Gasteiger partial charge in [0.15, 0.2) is 0 Å². The molecule has 2 aromatic carbocycles. The highest BCUT2D eigenvalue weighted by molar-refractivity contribution is 5.44. The van der Waals surface area contributed by atoms with Crippen LogP contribution >= 0.6 is 0 Å². The largest absolute Gasteiger partial charge is 0.435 e. The molecule has 0 bridgehead atoms. The number of hydrogen-bond donors (Lipinski definition) is 1. The van der Waals surface area contributed by atoms with E-state index in [2.05, 4.69) is 10.1 Å². The number of hydrogen-bond acceptors (Lipinski definition) is 2. The van der Waals surface area contributed by atoms with Crippen LogP contribution in [0.5, 0.6) is 5.75 Å². The summed E-state index contributed by atoms with van der Waals surface area (Å²) in [6.45, 7) is -2.56. The molecule has 2 rings (SSSR count). The molecule has 0 spiro atoms. The first-order chi connectivity index (χ1) is 9.52. The fourth-order valence-electron chi connectivity index (χ4n) is 1.65. The SMILES string of the molecule is Fc1cc(F)cc(NCc2ccc(OC(F)F)cc2)c1. The lowest BCUT2D eigenvalue weighted by molar-refractivity contribution is -0.0498. The van der Waals surface area contributed by atoms with Gasteiger partial charge in [0.05, 0.1) is 0 Å². The van der Waals surface area contributed by atoms with Gasteiger partial charge < -0.3 is 10.1 Å². The van der Waals surface area contributed by atoms with Crippen molar-refractivity contribution in [3.05, 3.63) is 59.7 Å². The fourth-order valence-corrected chi connectivity index (χ4v) is 1.65. The molecule has 0 unspecified atom stereocenters. The third kappa shape index (κ3) is 4.15. The van der Waals surface area contributed by atoms with Crippen LogP contribution < -0.4 is 10.1 Å². The van der Waals surface area contributed by atoms with Crippen molar-refractivity contribution in [2.75, 3.05) is 5.32 Å². The van der Waals surface area contributed by atoms with E-state index in [1.165, 1.54) is 12.1 Å². The zero-order chi connectivity index (χ0) is 14.5. The van der Waals surface area contributed by atoms with Crippen molar-refractivity contribution < 1.29 is 22.3 Å². The van der Waals surface area contributed by atoms with Crippen molar-refractivity contribution in [1.29, 1.82) is 0 Å². The van der Waals surface area contributed by atoms with Gasteiger partial charge in [-0.25, -0.2) is 8.78 Å². The molecular weight excluding hydrogens is 274 g/mol. The normalized spacial score (nSPS) is 10.7. The van der Waals surface area contributed by atoms with E-state index in [1.54, 1.807) is 12.1 Å².